The van der Waals surface area contributed by atoms with E-state index >= 15 is 0 Å². The molecule has 2 heterocycles. The predicted molar refractivity (Wildman–Crippen MR) is 96.5 cm³/mol. The molecule has 1 aliphatic carbocycles. The van der Waals surface area contributed by atoms with Crippen LogP contribution in [0.4, 0.5) is 0 Å². The third kappa shape index (κ3) is 3.01. The first-order chi connectivity index (χ1) is 12.0. The van der Waals surface area contributed by atoms with Crippen LogP contribution < -0.4 is 4.72 Å². The van der Waals surface area contributed by atoms with Crippen molar-refractivity contribution in [2.24, 2.45) is 0 Å². The Morgan fingerprint density at radius 2 is 2.08 bits per heavy atom. The zero-order valence-corrected chi connectivity index (χ0v) is 15.3. The summed E-state index contributed by atoms with van der Waals surface area (Å²) in [5.74, 6) is 0. The molecular formula is C16H14Cl2N4O2S. The van der Waals surface area contributed by atoms with Crippen molar-refractivity contribution in [2.75, 3.05) is 0 Å². The van der Waals surface area contributed by atoms with Gasteiger partial charge in [0.15, 0.2) is 5.65 Å². The predicted octanol–water partition coefficient (Wildman–Crippen LogP) is 3.10. The van der Waals surface area contributed by atoms with E-state index in [9.17, 15) is 8.42 Å². The van der Waals surface area contributed by atoms with Gasteiger partial charge in [-0.15, -0.1) is 0 Å². The number of pyridine rings is 1. The molecule has 1 atom stereocenters. The van der Waals surface area contributed by atoms with Gasteiger partial charge in [-0.3, -0.25) is 5.10 Å². The van der Waals surface area contributed by atoms with Crippen molar-refractivity contribution < 1.29 is 8.42 Å². The Labute approximate surface area is 154 Å². The Morgan fingerprint density at radius 3 is 2.92 bits per heavy atom. The maximum Gasteiger partial charge on any atom is 0.242 e. The van der Waals surface area contributed by atoms with E-state index in [1.807, 2.05) is 0 Å². The maximum atomic E-state index is 12.7. The Balaban J connectivity index is 1.61. The third-order valence-corrected chi connectivity index (χ3v) is 6.91. The van der Waals surface area contributed by atoms with Crippen LogP contribution in [-0.4, -0.2) is 29.6 Å². The SMILES string of the molecule is O=S(=O)(NC1CCc2c(cnc3[nH]ncc23)C1)c1cccc(Cl)c1Cl. The number of H-pyrrole nitrogens is 1. The standard InChI is InChI=1S/C16H14Cl2N4O2S/c17-13-2-1-3-14(15(13)18)25(23,24)22-10-4-5-11-9(6-10)7-19-16-12(11)8-20-21-16/h1-3,7-8,10,22H,4-6H2,(H,19,20,21). The molecule has 0 amide bonds. The molecule has 1 aromatic carbocycles. The molecule has 0 fully saturated rings. The Hall–Kier alpha value is -1.67. The zero-order valence-electron chi connectivity index (χ0n) is 13.0. The lowest BCUT2D eigenvalue weighted by Gasteiger charge is -2.25. The molecule has 0 saturated carbocycles. The highest BCUT2D eigenvalue weighted by atomic mass is 35.5. The van der Waals surface area contributed by atoms with Gasteiger partial charge in [-0.25, -0.2) is 18.1 Å². The summed E-state index contributed by atoms with van der Waals surface area (Å²) in [5, 5.41) is 8.12. The summed E-state index contributed by atoms with van der Waals surface area (Å²) in [6, 6.07) is 4.35. The molecule has 2 N–H and O–H groups in total. The number of aromatic amines is 1. The quantitative estimate of drug-likeness (QED) is 0.711. The minimum atomic E-state index is -3.75. The number of sulfonamides is 1. The Morgan fingerprint density at radius 1 is 1.24 bits per heavy atom. The fraction of sp³-hybridized carbons (Fsp3) is 0.250. The van der Waals surface area contributed by atoms with Crippen molar-refractivity contribution in [1.82, 2.24) is 19.9 Å². The summed E-state index contributed by atoms with van der Waals surface area (Å²) < 4.78 is 28.1. The van der Waals surface area contributed by atoms with Gasteiger partial charge >= 0.3 is 0 Å². The highest BCUT2D eigenvalue weighted by molar-refractivity contribution is 7.89. The number of aryl methyl sites for hydroxylation is 1. The number of fused-ring (bicyclic) bond motifs is 3. The second-order valence-electron chi connectivity index (χ2n) is 6.01. The van der Waals surface area contributed by atoms with Crippen molar-refractivity contribution in [3.05, 3.63) is 51.8 Å². The average molecular weight is 397 g/mol. The Kier molecular flexibility index (Phi) is 4.19. The van der Waals surface area contributed by atoms with Crippen molar-refractivity contribution in [3.63, 3.8) is 0 Å². The smallest absolute Gasteiger partial charge is 0.242 e. The highest BCUT2D eigenvalue weighted by Crippen LogP contribution is 2.31. The van der Waals surface area contributed by atoms with Crippen LogP contribution in [0.2, 0.25) is 10.0 Å². The van der Waals surface area contributed by atoms with Crippen LogP contribution in [0.1, 0.15) is 17.5 Å². The molecule has 1 unspecified atom stereocenters. The number of halogens is 2. The lowest BCUT2D eigenvalue weighted by atomic mass is 9.88. The van der Waals surface area contributed by atoms with Crippen LogP contribution in [0.15, 0.2) is 35.5 Å². The molecule has 9 heteroatoms. The number of nitrogens with one attached hydrogen (secondary N) is 2. The number of nitrogens with zero attached hydrogens (tertiary/aromatic N) is 2. The van der Waals surface area contributed by atoms with Gasteiger partial charge < -0.3 is 0 Å². The highest BCUT2D eigenvalue weighted by Gasteiger charge is 2.27. The van der Waals surface area contributed by atoms with Gasteiger partial charge in [0, 0.05) is 17.6 Å². The van der Waals surface area contributed by atoms with Gasteiger partial charge in [-0.1, -0.05) is 29.3 Å². The first kappa shape index (κ1) is 16.8. The molecule has 25 heavy (non-hydrogen) atoms. The van der Waals surface area contributed by atoms with E-state index in [0.29, 0.717) is 12.8 Å². The number of hydrogen-bond acceptors (Lipinski definition) is 4. The van der Waals surface area contributed by atoms with Crippen LogP contribution >= 0.6 is 23.2 Å². The minimum absolute atomic E-state index is 0.00382. The normalized spacial score (nSPS) is 17.6. The number of rotatable bonds is 3. The lowest BCUT2D eigenvalue weighted by molar-refractivity contribution is 0.508. The summed E-state index contributed by atoms with van der Waals surface area (Å²) in [5.41, 5.74) is 2.96. The van der Waals surface area contributed by atoms with E-state index in [1.54, 1.807) is 24.5 Å². The molecule has 0 radical (unpaired) electrons. The monoisotopic (exact) mass is 396 g/mol. The first-order valence-corrected chi connectivity index (χ1v) is 9.96. The summed E-state index contributed by atoms with van der Waals surface area (Å²) in [7, 11) is -3.75. The van der Waals surface area contributed by atoms with Crippen molar-refractivity contribution in [3.8, 4) is 0 Å². The molecule has 0 spiro atoms. The van der Waals surface area contributed by atoms with Gasteiger partial charge in [-0.05, 0) is 42.5 Å². The van der Waals surface area contributed by atoms with Crippen molar-refractivity contribution in [2.45, 2.75) is 30.2 Å². The molecule has 130 valence electrons. The molecule has 4 rings (SSSR count). The second-order valence-corrected chi connectivity index (χ2v) is 8.47. The largest absolute Gasteiger partial charge is 0.261 e. The van der Waals surface area contributed by atoms with E-state index in [0.717, 1.165) is 23.0 Å². The van der Waals surface area contributed by atoms with Crippen LogP contribution in [0, 0.1) is 0 Å². The van der Waals surface area contributed by atoms with Crippen molar-refractivity contribution >= 4 is 44.3 Å². The van der Waals surface area contributed by atoms with Gasteiger partial charge in [0.1, 0.15) is 4.90 Å². The number of aromatic nitrogens is 3. The molecule has 0 saturated heterocycles. The van der Waals surface area contributed by atoms with Crippen LogP contribution in [0.3, 0.4) is 0 Å². The zero-order chi connectivity index (χ0) is 17.6. The van der Waals surface area contributed by atoms with Crippen LogP contribution in [0.25, 0.3) is 11.0 Å². The summed E-state index contributed by atoms with van der Waals surface area (Å²) >= 11 is 12.0. The molecule has 6 nitrogen and oxygen atoms in total. The van der Waals surface area contributed by atoms with E-state index < -0.39 is 10.0 Å². The van der Waals surface area contributed by atoms with Gasteiger partial charge in [0.25, 0.3) is 0 Å². The molecule has 1 aliphatic rings. The van der Waals surface area contributed by atoms with E-state index in [4.69, 9.17) is 23.2 Å². The molecule has 2 aromatic heterocycles. The molecule has 3 aromatic rings. The minimum Gasteiger partial charge on any atom is -0.261 e. The third-order valence-electron chi connectivity index (χ3n) is 4.42. The Bertz CT molecular complexity index is 1070. The topological polar surface area (TPSA) is 87.7 Å². The fourth-order valence-electron chi connectivity index (χ4n) is 3.22. The average Bonchev–Trinajstić information content (AvgIpc) is 3.05. The van der Waals surface area contributed by atoms with Gasteiger partial charge in [0.05, 0.1) is 16.2 Å². The number of hydrogen-bond donors (Lipinski definition) is 2. The maximum absolute atomic E-state index is 12.7. The van der Waals surface area contributed by atoms with Gasteiger partial charge in [-0.2, -0.15) is 5.10 Å². The molecular weight excluding hydrogens is 383 g/mol. The summed E-state index contributed by atoms with van der Waals surface area (Å²) in [6.07, 6.45) is 5.56. The van der Waals surface area contributed by atoms with E-state index in [-0.39, 0.29) is 21.0 Å². The van der Waals surface area contributed by atoms with Gasteiger partial charge in [0.2, 0.25) is 10.0 Å². The summed E-state index contributed by atoms with van der Waals surface area (Å²) in [4.78, 5) is 4.33. The van der Waals surface area contributed by atoms with Crippen LogP contribution in [-0.2, 0) is 22.9 Å². The summed E-state index contributed by atoms with van der Waals surface area (Å²) in [6.45, 7) is 0. The number of benzene rings is 1. The first-order valence-electron chi connectivity index (χ1n) is 7.72. The molecule has 0 bridgehead atoms. The van der Waals surface area contributed by atoms with Crippen LogP contribution in [0.5, 0.6) is 0 Å². The lowest BCUT2D eigenvalue weighted by Crippen LogP contribution is -2.39. The second kappa shape index (κ2) is 6.25. The van der Waals surface area contributed by atoms with Crippen molar-refractivity contribution in [1.29, 1.82) is 0 Å². The van der Waals surface area contributed by atoms with E-state index in [2.05, 4.69) is 19.9 Å². The fourth-order valence-corrected chi connectivity index (χ4v) is 5.26. The molecule has 0 aliphatic heterocycles. The van der Waals surface area contributed by atoms with E-state index in [1.165, 1.54) is 11.6 Å².